The molecule has 7 nitrogen and oxygen atoms in total. The molecule has 2 aromatic rings. The zero-order chi connectivity index (χ0) is 20.1. The minimum atomic E-state index is -0.773. The predicted molar refractivity (Wildman–Crippen MR) is 104 cm³/mol. The number of hydrogen-bond acceptors (Lipinski definition) is 6. The number of esters is 1. The molecule has 3 rings (SSSR count). The first-order valence-electron chi connectivity index (χ1n) is 8.83. The van der Waals surface area contributed by atoms with Gasteiger partial charge in [-0.2, -0.15) is 0 Å². The lowest BCUT2D eigenvalue weighted by atomic mass is 9.89. The van der Waals surface area contributed by atoms with Crippen LogP contribution >= 0.6 is 0 Å². The Bertz CT molecular complexity index is 921. The van der Waals surface area contributed by atoms with Crippen LogP contribution in [0.1, 0.15) is 28.8 Å². The molecule has 0 aromatic heterocycles. The van der Waals surface area contributed by atoms with Crippen LogP contribution in [0, 0.1) is 0 Å². The molecule has 0 unspecified atom stereocenters. The molecule has 0 spiro atoms. The van der Waals surface area contributed by atoms with Crippen LogP contribution in [-0.2, 0) is 14.3 Å². The zero-order valence-corrected chi connectivity index (χ0v) is 15.6. The van der Waals surface area contributed by atoms with Crippen LogP contribution in [0.5, 0.6) is 5.75 Å². The van der Waals surface area contributed by atoms with Gasteiger partial charge in [-0.05, 0) is 42.8 Å². The molecule has 0 bridgehead atoms. The summed E-state index contributed by atoms with van der Waals surface area (Å²) in [5.74, 6) is -1.46. The summed E-state index contributed by atoms with van der Waals surface area (Å²) < 4.78 is 9.97. The van der Waals surface area contributed by atoms with E-state index in [2.05, 4.69) is 9.73 Å². The molecular formula is C21H20N2O5. The summed E-state index contributed by atoms with van der Waals surface area (Å²) in [5.41, 5.74) is 1.43. The fraction of sp³-hybridized carbons (Fsp3) is 0.238. The van der Waals surface area contributed by atoms with E-state index in [-0.39, 0.29) is 6.54 Å². The Morgan fingerprint density at radius 2 is 1.86 bits per heavy atom. The largest absolute Gasteiger partial charge is 0.494 e. The van der Waals surface area contributed by atoms with E-state index in [0.717, 1.165) is 4.90 Å². The second-order valence-corrected chi connectivity index (χ2v) is 6.04. The first-order valence-corrected chi connectivity index (χ1v) is 8.83. The van der Waals surface area contributed by atoms with Gasteiger partial charge in [0.2, 0.25) is 5.91 Å². The van der Waals surface area contributed by atoms with Crippen LogP contribution in [0.3, 0.4) is 0 Å². The molecule has 144 valence electrons. The van der Waals surface area contributed by atoms with Gasteiger partial charge in [0.25, 0.3) is 5.91 Å². The molecule has 0 aliphatic carbocycles. The lowest BCUT2D eigenvalue weighted by molar-refractivity contribution is -0.138. The minimum absolute atomic E-state index is 0.195. The molecule has 0 N–H and O–H groups in total. The Balaban J connectivity index is 1.97. The van der Waals surface area contributed by atoms with Crippen molar-refractivity contribution in [3.05, 3.63) is 59.7 Å². The minimum Gasteiger partial charge on any atom is -0.494 e. The second kappa shape index (κ2) is 8.47. The highest BCUT2D eigenvalue weighted by atomic mass is 16.5. The van der Waals surface area contributed by atoms with Crippen LogP contribution in [0.2, 0.25) is 0 Å². The summed E-state index contributed by atoms with van der Waals surface area (Å²) in [6.07, 6.45) is 1.39. The van der Waals surface area contributed by atoms with Gasteiger partial charge in [0, 0.05) is 11.8 Å². The van der Waals surface area contributed by atoms with Crippen molar-refractivity contribution in [3.63, 3.8) is 0 Å². The van der Waals surface area contributed by atoms with Gasteiger partial charge in [-0.1, -0.05) is 18.2 Å². The van der Waals surface area contributed by atoms with Gasteiger partial charge in [0.1, 0.15) is 12.3 Å². The molecule has 28 heavy (non-hydrogen) atoms. The predicted octanol–water partition coefficient (Wildman–Crippen LogP) is 2.60. The summed E-state index contributed by atoms with van der Waals surface area (Å²) in [6, 6.07) is 13.6. The van der Waals surface area contributed by atoms with E-state index in [0.29, 0.717) is 29.2 Å². The van der Waals surface area contributed by atoms with E-state index in [9.17, 15) is 14.4 Å². The monoisotopic (exact) mass is 380 g/mol. The van der Waals surface area contributed by atoms with Crippen molar-refractivity contribution in [2.24, 2.45) is 4.99 Å². The fourth-order valence-corrected chi connectivity index (χ4v) is 3.00. The van der Waals surface area contributed by atoms with Crippen molar-refractivity contribution < 1.29 is 23.9 Å². The fourth-order valence-electron chi connectivity index (χ4n) is 3.00. The number of fused-ring (bicyclic) bond motifs is 1. The molecule has 2 amide bonds. The van der Waals surface area contributed by atoms with Gasteiger partial charge in [-0.3, -0.25) is 19.4 Å². The van der Waals surface area contributed by atoms with E-state index in [1.165, 1.54) is 13.3 Å². The Kier molecular flexibility index (Phi) is 5.84. The molecule has 0 radical (unpaired) electrons. The van der Waals surface area contributed by atoms with Crippen molar-refractivity contribution in [2.45, 2.75) is 12.8 Å². The number of nitrogens with zero attached hydrogens (tertiary/aromatic N) is 2. The Morgan fingerprint density at radius 3 is 2.54 bits per heavy atom. The lowest BCUT2D eigenvalue weighted by Gasteiger charge is -2.31. The molecule has 2 aromatic carbocycles. The number of rotatable bonds is 6. The Morgan fingerprint density at radius 1 is 1.14 bits per heavy atom. The van der Waals surface area contributed by atoms with Gasteiger partial charge >= 0.3 is 5.97 Å². The molecule has 1 heterocycles. The van der Waals surface area contributed by atoms with E-state index in [4.69, 9.17) is 4.74 Å². The van der Waals surface area contributed by atoms with Gasteiger partial charge in [-0.15, -0.1) is 0 Å². The molecular weight excluding hydrogens is 360 g/mol. The SMILES string of the molecule is CCOc1ccc(N2C(=O)c3ccccc3[C@@H](C=NCC(=O)OC)C2=O)cc1. The average Bonchev–Trinajstić information content (AvgIpc) is 2.72. The van der Waals surface area contributed by atoms with Crippen LogP contribution in [0.15, 0.2) is 53.5 Å². The number of imide groups is 1. The number of hydrogen-bond donors (Lipinski definition) is 0. The standard InChI is InChI=1S/C21H20N2O5/c1-3-28-15-10-8-14(9-11-15)23-20(25)17-7-5-4-6-16(17)18(21(23)26)12-22-13-19(24)27-2/h4-12,18H,3,13H2,1-2H3/t18-/m1/s1. The number of ether oxygens (including phenoxy) is 2. The molecule has 1 atom stereocenters. The van der Waals surface area contributed by atoms with Crippen molar-refractivity contribution >= 4 is 29.7 Å². The van der Waals surface area contributed by atoms with Gasteiger partial charge in [0.15, 0.2) is 0 Å². The van der Waals surface area contributed by atoms with Crippen LogP contribution in [0.4, 0.5) is 5.69 Å². The number of amides is 2. The number of carbonyl (C=O) groups is 3. The summed E-state index contributed by atoms with van der Waals surface area (Å²) in [4.78, 5) is 42.6. The van der Waals surface area contributed by atoms with Crippen LogP contribution < -0.4 is 9.64 Å². The normalized spacial score (nSPS) is 16.2. The number of carbonyl (C=O) groups excluding carboxylic acids is 3. The van der Waals surface area contributed by atoms with E-state index < -0.39 is 23.7 Å². The molecule has 1 aliphatic rings. The molecule has 0 fully saturated rings. The van der Waals surface area contributed by atoms with Crippen LogP contribution in [0.25, 0.3) is 0 Å². The number of aliphatic imine (C=N–C) groups is 1. The highest BCUT2D eigenvalue weighted by molar-refractivity contribution is 6.29. The Labute approximate surface area is 162 Å². The third-order valence-corrected chi connectivity index (χ3v) is 4.32. The molecule has 7 heteroatoms. The summed E-state index contributed by atoms with van der Waals surface area (Å²) in [5, 5.41) is 0. The van der Waals surface area contributed by atoms with Gasteiger partial charge < -0.3 is 9.47 Å². The van der Waals surface area contributed by atoms with Crippen molar-refractivity contribution in [1.29, 1.82) is 0 Å². The third-order valence-electron chi connectivity index (χ3n) is 4.32. The first-order chi connectivity index (χ1) is 13.6. The first kappa shape index (κ1) is 19.3. The maximum atomic E-state index is 13.1. The lowest BCUT2D eigenvalue weighted by Crippen LogP contribution is -2.45. The molecule has 1 aliphatic heterocycles. The van der Waals surface area contributed by atoms with Crippen molar-refractivity contribution in [2.75, 3.05) is 25.2 Å². The van der Waals surface area contributed by atoms with E-state index in [1.54, 1.807) is 48.5 Å². The number of benzene rings is 2. The topological polar surface area (TPSA) is 85.3 Å². The van der Waals surface area contributed by atoms with Gasteiger partial charge in [-0.25, -0.2) is 4.90 Å². The number of methoxy groups -OCH3 is 1. The summed E-state index contributed by atoms with van der Waals surface area (Å²) in [6.45, 7) is 2.20. The maximum absolute atomic E-state index is 13.1. The zero-order valence-electron chi connectivity index (χ0n) is 15.6. The van der Waals surface area contributed by atoms with E-state index >= 15 is 0 Å². The molecule has 0 saturated heterocycles. The molecule has 0 saturated carbocycles. The maximum Gasteiger partial charge on any atom is 0.327 e. The van der Waals surface area contributed by atoms with Crippen molar-refractivity contribution in [1.82, 2.24) is 0 Å². The highest BCUT2D eigenvalue weighted by Crippen LogP contribution is 2.32. The average molecular weight is 380 g/mol. The summed E-state index contributed by atoms with van der Waals surface area (Å²) >= 11 is 0. The van der Waals surface area contributed by atoms with Crippen molar-refractivity contribution in [3.8, 4) is 5.75 Å². The Hall–Kier alpha value is -3.48. The second-order valence-electron chi connectivity index (χ2n) is 6.04. The van der Waals surface area contributed by atoms with Crippen LogP contribution in [-0.4, -0.2) is 44.3 Å². The third kappa shape index (κ3) is 3.78. The number of anilines is 1. The van der Waals surface area contributed by atoms with E-state index in [1.807, 2.05) is 6.92 Å². The highest BCUT2D eigenvalue weighted by Gasteiger charge is 2.38. The van der Waals surface area contributed by atoms with Gasteiger partial charge in [0.05, 0.1) is 25.3 Å². The summed E-state index contributed by atoms with van der Waals surface area (Å²) in [7, 11) is 1.27. The quantitative estimate of drug-likeness (QED) is 0.437. The smallest absolute Gasteiger partial charge is 0.327 e.